The molecule has 2 aromatic carbocycles. The van der Waals surface area contributed by atoms with Crippen molar-refractivity contribution in [1.82, 2.24) is 0 Å². The maximum atomic E-state index is 9.52. The minimum Gasteiger partial charge on any atom is -0.508 e. The fourth-order valence-corrected chi connectivity index (χ4v) is 1.62. The molecule has 2 nitrogen and oxygen atoms in total. The minimum absolute atomic E-state index is 0.156. The van der Waals surface area contributed by atoms with Crippen LogP contribution in [0, 0.1) is 13.8 Å². The fraction of sp³-hybridized carbons (Fsp3) is 0.176. The van der Waals surface area contributed by atoms with Gasteiger partial charge in [-0.15, -0.1) is 0 Å². The Balaban J connectivity index is 0.000000218. The molecule has 0 aliphatic rings. The third-order valence-corrected chi connectivity index (χ3v) is 2.69. The van der Waals surface area contributed by atoms with Gasteiger partial charge in [-0.3, -0.25) is 0 Å². The summed E-state index contributed by atoms with van der Waals surface area (Å²) < 4.78 is 0. The summed E-state index contributed by atoms with van der Waals surface area (Å²) in [6.45, 7) is 9.30. The summed E-state index contributed by atoms with van der Waals surface area (Å²) in [7, 11) is 0. The molecule has 0 amide bonds. The Bertz CT molecular complexity index is 557. The highest BCUT2D eigenvalue weighted by atomic mass is 16.3. The Morgan fingerprint density at radius 3 is 2.00 bits per heavy atom. The van der Waals surface area contributed by atoms with E-state index < -0.39 is 0 Å². The fourth-order valence-electron chi connectivity index (χ4n) is 1.62. The second kappa shape index (κ2) is 6.64. The van der Waals surface area contributed by atoms with E-state index in [1.54, 1.807) is 13.8 Å². The van der Waals surface area contributed by atoms with Crippen LogP contribution < -0.4 is 0 Å². The summed E-state index contributed by atoms with van der Waals surface area (Å²) in [4.78, 5) is 0. The number of phenolic OH excluding ortho intramolecular Hbond substituents is 2. The molecule has 0 aromatic heterocycles. The van der Waals surface area contributed by atoms with Gasteiger partial charge in [0, 0.05) is 5.56 Å². The van der Waals surface area contributed by atoms with Crippen LogP contribution in [0.5, 0.6) is 11.5 Å². The highest BCUT2D eigenvalue weighted by Crippen LogP contribution is 2.31. The van der Waals surface area contributed by atoms with Crippen molar-refractivity contribution in [3.8, 4) is 11.5 Å². The third-order valence-electron chi connectivity index (χ3n) is 2.69. The first-order valence-corrected chi connectivity index (χ1v) is 6.12. The molecule has 0 spiro atoms. The van der Waals surface area contributed by atoms with Crippen molar-refractivity contribution in [1.29, 1.82) is 0 Å². The zero-order valence-corrected chi connectivity index (χ0v) is 11.6. The lowest BCUT2D eigenvalue weighted by Crippen LogP contribution is -1.83. The van der Waals surface area contributed by atoms with Crippen LogP contribution in [0.4, 0.5) is 0 Å². The topological polar surface area (TPSA) is 40.5 Å². The van der Waals surface area contributed by atoms with E-state index in [9.17, 15) is 10.2 Å². The monoisotopic (exact) mass is 256 g/mol. The van der Waals surface area contributed by atoms with Gasteiger partial charge in [-0.05, 0) is 44.0 Å². The van der Waals surface area contributed by atoms with Crippen molar-refractivity contribution in [2.45, 2.75) is 20.8 Å². The molecule has 2 heteroatoms. The number of hydrogen-bond acceptors (Lipinski definition) is 2. The summed E-state index contributed by atoms with van der Waals surface area (Å²) >= 11 is 0. The first kappa shape index (κ1) is 14.8. The molecule has 0 radical (unpaired) electrons. The Hall–Kier alpha value is -2.22. The molecule has 2 N–H and O–H groups in total. The van der Waals surface area contributed by atoms with E-state index in [1.807, 2.05) is 18.2 Å². The maximum absolute atomic E-state index is 9.52. The molecule has 0 saturated heterocycles. The Kier molecular flexibility index (Phi) is 5.19. The van der Waals surface area contributed by atoms with Crippen molar-refractivity contribution < 1.29 is 10.2 Å². The van der Waals surface area contributed by atoms with Gasteiger partial charge in [0.25, 0.3) is 0 Å². The van der Waals surface area contributed by atoms with E-state index in [2.05, 4.69) is 25.6 Å². The summed E-state index contributed by atoms with van der Waals surface area (Å²) in [5.74, 6) is 0.351. The van der Waals surface area contributed by atoms with Crippen LogP contribution in [0.2, 0.25) is 0 Å². The Labute approximate surface area is 114 Å². The highest BCUT2D eigenvalue weighted by molar-refractivity contribution is 5.69. The normalized spacial score (nSPS) is 9.42. The molecular weight excluding hydrogens is 236 g/mol. The predicted molar refractivity (Wildman–Crippen MR) is 80.4 cm³/mol. The molecule has 0 bridgehead atoms. The average molecular weight is 256 g/mol. The molecule has 2 rings (SSSR count). The number of aromatic hydroxyl groups is 2. The van der Waals surface area contributed by atoms with Crippen molar-refractivity contribution >= 4 is 5.57 Å². The van der Waals surface area contributed by atoms with Crippen LogP contribution >= 0.6 is 0 Å². The molecule has 0 saturated carbocycles. The quantitative estimate of drug-likeness (QED) is 0.741. The van der Waals surface area contributed by atoms with Crippen molar-refractivity contribution in [2.24, 2.45) is 0 Å². The van der Waals surface area contributed by atoms with E-state index in [1.165, 1.54) is 17.7 Å². The lowest BCUT2D eigenvalue weighted by Gasteiger charge is -2.07. The van der Waals surface area contributed by atoms with Gasteiger partial charge in [0.1, 0.15) is 11.5 Å². The Morgan fingerprint density at radius 2 is 1.58 bits per heavy atom. The van der Waals surface area contributed by atoms with E-state index >= 15 is 0 Å². The van der Waals surface area contributed by atoms with E-state index in [4.69, 9.17) is 0 Å². The largest absolute Gasteiger partial charge is 0.508 e. The zero-order valence-electron chi connectivity index (χ0n) is 11.6. The van der Waals surface area contributed by atoms with Gasteiger partial charge >= 0.3 is 0 Å². The van der Waals surface area contributed by atoms with Crippen LogP contribution in [0.25, 0.3) is 5.57 Å². The molecular formula is C17H20O2. The van der Waals surface area contributed by atoms with Crippen LogP contribution in [0.3, 0.4) is 0 Å². The second-order valence-corrected chi connectivity index (χ2v) is 4.59. The van der Waals surface area contributed by atoms with Gasteiger partial charge in [0.2, 0.25) is 0 Å². The van der Waals surface area contributed by atoms with Crippen molar-refractivity contribution in [3.63, 3.8) is 0 Å². The van der Waals surface area contributed by atoms with Gasteiger partial charge in [-0.1, -0.05) is 42.5 Å². The number of benzene rings is 2. The minimum atomic E-state index is 0.156. The van der Waals surface area contributed by atoms with Gasteiger partial charge in [-0.25, -0.2) is 0 Å². The first-order valence-electron chi connectivity index (χ1n) is 6.12. The van der Waals surface area contributed by atoms with Gasteiger partial charge in [-0.2, -0.15) is 0 Å². The molecule has 0 aliphatic heterocycles. The number of hydrogen-bond donors (Lipinski definition) is 2. The molecule has 19 heavy (non-hydrogen) atoms. The standard InChI is InChI=1S/C10H12O2.C7H8/c1-6(2)9-5-8(11)4-7(3)10(9)12;1-7-5-3-2-4-6-7/h4-5,11-12H,1H2,2-3H3;2-6H,1H3. The number of aryl methyl sites for hydroxylation is 2. The lowest BCUT2D eigenvalue weighted by atomic mass is 10.0. The van der Waals surface area contributed by atoms with Gasteiger partial charge in [0.05, 0.1) is 0 Å². The predicted octanol–water partition coefficient (Wildman–Crippen LogP) is 4.43. The van der Waals surface area contributed by atoms with E-state index in [0.717, 1.165) is 5.57 Å². The third kappa shape index (κ3) is 4.51. The summed E-state index contributed by atoms with van der Waals surface area (Å²) in [5, 5.41) is 18.7. The summed E-state index contributed by atoms with van der Waals surface area (Å²) in [6.07, 6.45) is 0. The molecule has 0 heterocycles. The molecule has 0 unspecified atom stereocenters. The number of rotatable bonds is 1. The molecule has 0 fully saturated rings. The first-order chi connectivity index (χ1) is 8.91. The maximum Gasteiger partial charge on any atom is 0.126 e. The van der Waals surface area contributed by atoms with Gasteiger partial charge < -0.3 is 10.2 Å². The zero-order chi connectivity index (χ0) is 14.4. The number of phenols is 2. The average Bonchev–Trinajstić information content (AvgIpc) is 2.35. The van der Waals surface area contributed by atoms with Gasteiger partial charge in [0.15, 0.2) is 0 Å². The molecule has 0 aliphatic carbocycles. The van der Waals surface area contributed by atoms with Crippen LogP contribution in [0.1, 0.15) is 23.6 Å². The molecule has 2 aromatic rings. The molecule has 0 atom stereocenters. The van der Waals surface area contributed by atoms with Crippen LogP contribution in [-0.4, -0.2) is 10.2 Å². The highest BCUT2D eigenvalue weighted by Gasteiger charge is 2.06. The summed E-state index contributed by atoms with van der Waals surface area (Å²) in [5.41, 5.74) is 3.33. The van der Waals surface area contributed by atoms with Crippen LogP contribution in [0.15, 0.2) is 49.0 Å². The number of allylic oxidation sites excluding steroid dienone is 1. The van der Waals surface area contributed by atoms with Crippen molar-refractivity contribution in [2.75, 3.05) is 0 Å². The lowest BCUT2D eigenvalue weighted by molar-refractivity contribution is 0.455. The second-order valence-electron chi connectivity index (χ2n) is 4.59. The SMILES string of the molecule is C=C(C)c1cc(O)cc(C)c1O.Cc1ccccc1. The van der Waals surface area contributed by atoms with E-state index in [-0.39, 0.29) is 11.5 Å². The smallest absolute Gasteiger partial charge is 0.126 e. The van der Waals surface area contributed by atoms with E-state index in [0.29, 0.717) is 11.1 Å². The van der Waals surface area contributed by atoms with Crippen molar-refractivity contribution in [3.05, 3.63) is 65.7 Å². The Morgan fingerprint density at radius 1 is 1.00 bits per heavy atom. The van der Waals surface area contributed by atoms with Crippen LogP contribution in [-0.2, 0) is 0 Å². The molecule has 100 valence electrons. The summed E-state index contributed by atoms with van der Waals surface area (Å²) in [6, 6.07) is 13.3.